The Morgan fingerprint density at radius 3 is 2.20 bits per heavy atom. The highest BCUT2D eigenvalue weighted by molar-refractivity contribution is 5.77. The van der Waals surface area contributed by atoms with Crippen LogP contribution in [0.2, 0.25) is 0 Å². The zero-order valence-corrected chi connectivity index (χ0v) is 14.0. The summed E-state index contributed by atoms with van der Waals surface area (Å²) in [6, 6.07) is 0. The summed E-state index contributed by atoms with van der Waals surface area (Å²) in [6.45, 7) is 9.21. The van der Waals surface area contributed by atoms with E-state index in [2.05, 4.69) is 20.8 Å². The molecule has 0 aliphatic rings. The molecule has 0 aromatic heterocycles. The van der Waals surface area contributed by atoms with Crippen LogP contribution in [0, 0.1) is 11.3 Å². The Balaban J connectivity index is 4.40. The molecule has 0 fully saturated rings. The first-order valence-electron chi connectivity index (χ1n) is 8.39. The first-order valence-corrected chi connectivity index (χ1v) is 8.39. The van der Waals surface area contributed by atoms with E-state index in [1.165, 1.54) is 32.1 Å². The van der Waals surface area contributed by atoms with Crippen molar-refractivity contribution < 1.29 is 9.53 Å². The molecule has 0 aromatic rings. The zero-order valence-electron chi connectivity index (χ0n) is 14.0. The number of carbonyl (C=O) groups is 1. The minimum Gasteiger partial charge on any atom is -0.466 e. The van der Waals surface area contributed by atoms with Gasteiger partial charge in [0.05, 0.1) is 12.0 Å². The molecular formula is C17H35NO2. The van der Waals surface area contributed by atoms with Crippen LogP contribution in [0.25, 0.3) is 0 Å². The van der Waals surface area contributed by atoms with Gasteiger partial charge in [-0.05, 0) is 25.7 Å². The standard InChI is InChI=1S/C17H35NO2/c1-5-7-8-9-10-11-12-17(14-18,13-15(3)4)16(19)20-6-2/h15H,5-14,18H2,1-4H3. The molecule has 0 aliphatic heterocycles. The Hall–Kier alpha value is -0.570. The smallest absolute Gasteiger partial charge is 0.313 e. The van der Waals surface area contributed by atoms with Crippen molar-refractivity contribution in [3.8, 4) is 0 Å². The predicted octanol–water partition coefficient (Wildman–Crippen LogP) is 4.29. The van der Waals surface area contributed by atoms with Crippen LogP contribution in [-0.2, 0) is 9.53 Å². The molecule has 0 amide bonds. The number of esters is 1. The van der Waals surface area contributed by atoms with Crippen LogP contribution in [0.3, 0.4) is 0 Å². The second-order valence-corrected chi connectivity index (χ2v) is 6.32. The molecular weight excluding hydrogens is 250 g/mol. The van der Waals surface area contributed by atoms with Gasteiger partial charge in [-0.1, -0.05) is 59.3 Å². The van der Waals surface area contributed by atoms with Gasteiger partial charge in [0.1, 0.15) is 0 Å². The van der Waals surface area contributed by atoms with Crippen molar-refractivity contribution in [3.63, 3.8) is 0 Å². The Kier molecular flexibility index (Phi) is 10.8. The lowest BCUT2D eigenvalue weighted by Crippen LogP contribution is -2.41. The van der Waals surface area contributed by atoms with E-state index in [0.29, 0.717) is 19.1 Å². The number of ether oxygens (including phenoxy) is 1. The topological polar surface area (TPSA) is 52.3 Å². The summed E-state index contributed by atoms with van der Waals surface area (Å²) in [5.41, 5.74) is 5.49. The third kappa shape index (κ3) is 7.28. The summed E-state index contributed by atoms with van der Waals surface area (Å²) in [5.74, 6) is 0.368. The van der Waals surface area contributed by atoms with Crippen LogP contribution in [0.4, 0.5) is 0 Å². The number of rotatable bonds is 12. The maximum absolute atomic E-state index is 12.3. The number of unbranched alkanes of at least 4 members (excludes halogenated alkanes) is 5. The normalized spacial score (nSPS) is 14.3. The molecule has 0 radical (unpaired) electrons. The van der Waals surface area contributed by atoms with E-state index in [1.54, 1.807) is 0 Å². The SMILES string of the molecule is CCCCCCCCC(CN)(CC(C)C)C(=O)OCC. The van der Waals surface area contributed by atoms with E-state index < -0.39 is 5.41 Å². The molecule has 0 rings (SSSR count). The lowest BCUT2D eigenvalue weighted by Gasteiger charge is -2.31. The summed E-state index contributed by atoms with van der Waals surface area (Å²) in [5, 5.41) is 0. The average Bonchev–Trinajstić information content (AvgIpc) is 2.41. The van der Waals surface area contributed by atoms with Gasteiger partial charge in [0.15, 0.2) is 0 Å². The van der Waals surface area contributed by atoms with Crippen molar-refractivity contribution in [1.29, 1.82) is 0 Å². The molecule has 0 bridgehead atoms. The van der Waals surface area contributed by atoms with Crippen LogP contribution in [0.5, 0.6) is 0 Å². The molecule has 0 spiro atoms. The van der Waals surface area contributed by atoms with Gasteiger partial charge < -0.3 is 10.5 Å². The first-order chi connectivity index (χ1) is 9.52. The molecule has 0 saturated heterocycles. The summed E-state index contributed by atoms with van der Waals surface area (Å²) < 4.78 is 5.28. The van der Waals surface area contributed by atoms with E-state index in [-0.39, 0.29) is 5.97 Å². The van der Waals surface area contributed by atoms with Gasteiger partial charge >= 0.3 is 5.97 Å². The summed E-state index contributed by atoms with van der Waals surface area (Å²) in [4.78, 5) is 12.3. The second kappa shape index (κ2) is 11.1. The highest BCUT2D eigenvalue weighted by atomic mass is 16.5. The second-order valence-electron chi connectivity index (χ2n) is 6.32. The van der Waals surface area contributed by atoms with Crippen LogP contribution in [-0.4, -0.2) is 19.1 Å². The van der Waals surface area contributed by atoms with Gasteiger partial charge in [-0.3, -0.25) is 4.79 Å². The Morgan fingerprint density at radius 2 is 1.70 bits per heavy atom. The van der Waals surface area contributed by atoms with Crippen molar-refractivity contribution in [1.82, 2.24) is 0 Å². The van der Waals surface area contributed by atoms with Crippen molar-refractivity contribution >= 4 is 5.97 Å². The van der Waals surface area contributed by atoms with Crippen molar-refractivity contribution in [3.05, 3.63) is 0 Å². The number of nitrogens with two attached hydrogens (primary N) is 1. The first kappa shape index (κ1) is 19.4. The van der Waals surface area contributed by atoms with Crippen molar-refractivity contribution in [2.24, 2.45) is 17.1 Å². The van der Waals surface area contributed by atoms with Gasteiger partial charge in [0.2, 0.25) is 0 Å². The fourth-order valence-electron chi connectivity index (χ4n) is 2.87. The van der Waals surface area contributed by atoms with E-state index in [4.69, 9.17) is 10.5 Å². The molecule has 0 aromatic carbocycles. The van der Waals surface area contributed by atoms with E-state index in [0.717, 1.165) is 19.3 Å². The van der Waals surface area contributed by atoms with Gasteiger partial charge in [0, 0.05) is 6.54 Å². The van der Waals surface area contributed by atoms with Crippen LogP contribution < -0.4 is 5.73 Å². The van der Waals surface area contributed by atoms with Gasteiger partial charge in [-0.2, -0.15) is 0 Å². The third-order valence-corrected chi connectivity index (χ3v) is 3.91. The quantitative estimate of drug-likeness (QED) is 0.430. The highest BCUT2D eigenvalue weighted by Crippen LogP contribution is 2.33. The summed E-state index contributed by atoms with van der Waals surface area (Å²) >= 11 is 0. The minimum atomic E-state index is -0.463. The van der Waals surface area contributed by atoms with Crippen LogP contribution in [0.15, 0.2) is 0 Å². The Labute approximate surface area is 125 Å². The molecule has 3 nitrogen and oxygen atoms in total. The van der Waals surface area contributed by atoms with Gasteiger partial charge in [-0.15, -0.1) is 0 Å². The molecule has 1 unspecified atom stereocenters. The molecule has 3 heteroatoms. The predicted molar refractivity (Wildman–Crippen MR) is 85.6 cm³/mol. The highest BCUT2D eigenvalue weighted by Gasteiger charge is 2.38. The van der Waals surface area contributed by atoms with Crippen molar-refractivity contribution in [2.45, 2.75) is 79.1 Å². The lowest BCUT2D eigenvalue weighted by atomic mass is 9.76. The van der Waals surface area contributed by atoms with Crippen LogP contribution in [0.1, 0.15) is 79.1 Å². The molecule has 20 heavy (non-hydrogen) atoms. The summed E-state index contributed by atoms with van der Waals surface area (Å²) in [6.07, 6.45) is 9.11. The number of hydrogen-bond donors (Lipinski definition) is 1. The minimum absolute atomic E-state index is 0.0928. The summed E-state index contributed by atoms with van der Waals surface area (Å²) in [7, 11) is 0. The molecule has 0 saturated carbocycles. The lowest BCUT2D eigenvalue weighted by molar-refractivity contribution is -0.156. The van der Waals surface area contributed by atoms with Gasteiger partial charge in [0.25, 0.3) is 0 Å². The molecule has 120 valence electrons. The molecule has 0 aliphatic carbocycles. The molecule has 0 heterocycles. The Morgan fingerprint density at radius 1 is 1.10 bits per heavy atom. The number of carbonyl (C=O) groups excluding carboxylic acids is 1. The largest absolute Gasteiger partial charge is 0.466 e. The van der Waals surface area contributed by atoms with E-state index >= 15 is 0 Å². The monoisotopic (exact) mass is 285 g/mol. The van der Waals surface area contributed by atoms with Crippen LogP contribution >= 0.6 is 0 Å². The third-order valence-electron chi connectivity index (χ3n) is 3.91. The van der Waals surface area contributed by atoms with Crippen molar-refractivity contribution in [2.75, 3.05) is 13.2 Å². The van der Waals surface area contributed by atoms with Gasteiger partial charge in [-0.25, -0.2) is 0 Å². The fraction of sp³-hybridized carbons (Fsp3) is 0.941. The number of hydrogen-bond acceptors (Lipinski definition) is 3. The maximum atomic E-state index is 12.3. The molecule has 1 atom stereocenters. The average molecular weight is 285 g/mol. The zero-order chi connectivity index (χ0) is 15.4. The maximum Gasteiger partial charge on any atom is 0.313 e. The molecule has 2 N–H and O–H groups in total. The fourth-order valence-corrected chi connectivity index (χ4v) is 2.87. The van der Waals surface area contributed by atoms with E-state index in [9.17, 15) is 4.79 Å². The van der Waals surface area contributed by atoms with E-state index in [1.807, 2.05) is 6.92 Å². The Bertz CT molecular complexity index is 253.